The second-order valence-corrected chi connectivity index (χ2v) is 13.0. The average molecular weight is 596 g/mol. The van der Waals surface area contributed by atoms with Crippen molar-refractivity contribution in [2.75, 3.05) is 6.54 Å². The number of amides is 3. The molecule has 2 aromatic rings. The molecule has 0 unspecified atom stereocenters. The van der Waals surface area contributed by atoms with Gasteiger partial charge in [0.2, 0.25) is 17.7 Å². The van der Waals surface area contributed by atoms with Gasteiger partial charge >= 0.3 is 0 Å². The van der Waals surface area contributed by atoms with Gasteiger partial charge in [0, 0.05) is 25.2 Å². The van der Waals surface area contributed by atoms with Crippen LogP contribution in [0, 0.1) is 18.8 Å². The van der Waals surface area contributed by atoms with E-state index in [1.807, 2.05) is 50.2 Å². The number of likely N-dealkylation sites (tertiary alicyclic amines) is 1. The van der Waals surface area contributed by atoms with E-state index in [0.29, 0.717) is 37.5 Å². The van der Waals surface area contributed by atoms with Gasteiger partial charge in [0.15, 0.2) is 0 Å². The number of aryl methyl sites for hydroxylation is 1. The first-order valence-electron chi connectivity index (χ1n) is 15.3. The van der Waals surface area contributed by atoms with Crippen LogP contribution in [-0.4, -0.2) is 52.3 Å². The SMILES string of the molecule is C=C([C@H](C)NC(=O)[C@H](CC(C)C)NC(=O)CCCCC)N1C[C@H](C)C[C@H]1C(=O)NCc1ccc(-c2scnc2C)cc1. The van der Waals surface area contributed by atoms with Crippen molar-refractivity contribution in [2.24, 2.45) is 11.8 Å². The van der Waals surface area contributed by atoms with Gasteiger partial charge in [-0.2, -0.15) is 0 Å². The minimum atomic E-state index is -0.600. The summed E-state index contributed by atoms with van der Waals surface area (Å²) in [5.41, 5.74) is 5.73. The molecule has 0 aliphatic carbocycles. The molecular formula is C33H49N5O3S. The summed E-state index contributed by atoms with van der Waals surface area (Å²) in [4.78, 5) is 46.6. The maximum atomic E-state index is 13.3. The lowest BCUT2D eigenvalue weighted by Gasteiger charge is -2.32. The van der Waals surface area contributed by atoms with Gasteiger partial charge in [-0.1, -0.05) is 71.4 Å². The van der Waals surface area contributed by atoms with Gasteiger partial charge in [-0.3, -0.25) is 14.4 Å². The summed E-state index contributed by atoms with van der Waals surface area (Å²) in [6.07, 6.45) is 4.56. The Bertz CT molecular complexity index is 1210. The molecule has 0 spiro atoms. The van der Waals surface area contributed by atoms with Gasteiger partial charge in [-0.15, -0.1) is 11.3 Å². The standard InChI is InChI=1S/C33H49N5O3S/c1-8-9-10-11-30(39)37-28(16-21(2)3)32(40)36-23(5)25(7)38-19-22(4)17-29(38)33(41)34-18-26-12-14-27(15-13-26)31-24(6)35-20-42-31/h12-15,20-23,28-29H,7-11,16-19H2,1-6H3,(H,34,41)(H,36,40)(H,37,39)/t22-,23+,28+,29+/m1/s1. The predicted molar refractivity (Wildman–Crippen MR) is 171 cm³/mol. The van der Waals surface area contributed by atoms with E-state index in [1.54, 1.807) is 11.3 Å². The molecule has 1 aromatic carbocycles. The summed E-state index contributed by atoms with van der Waals surface area (Å²) in [6, 6.07) is 6.88. The lowest BCUT2D eigenvalue weighted by Crippen LogP contribution is -2.52. The second kappa shape index (κ2) is 15.9. The van der Waals surface area contributed by atoms with E-state index in [4.69, 9.17) is 0 Å². The van der Waals surface area contributed by atoms with Crippen LogP contribution in [0.4, 0.5) is 0 Å². The molecule has 1 saturated heterocycles. The summed E-state index contributed by atoms with van der Waals surface area (Å²) in [5.74, 6) is 0.216. The molecule has 0 saturated carbocycles. The van der Waals surface area contributed by atoms with Crippen LogP contribution in [0.1, 0.15) is 84.4 Å². The van der Waals surface area contributed by atoms with Crippen molar-refractivity contribution < 1.29 is 14.4 Å². The number of carbonyl (C=O) groups excluding carboxylic acids is 3. The quantitative estimate of drug-likeness (QED) is 0.234. The average Bonchev–Trinajstić information content (AvgIpc) is 3.56. The van der Waals surface area contributed by atoms with Crippen molar-refractivity contribution in [1.82, 2.24) is 25.8 Å². The second-order valence-electron chi connectivity index (χ2n) is 12.1. The normalized spacial score (nSPS) is 18.0. The monoisotopic (exact) mass is 595 g/mol. The van der Waals surface area contributed by atoms with Crippen LogP contribution in [-0.2, 0) is 20.9 Å². The molecule has 42 heavy (non-hydrogen) atoms. The summed E-state index contributed by atoms with van der Waals surface area (Å²) in [7, 11) is 0. The van der Waals surface area contributed by atoms with E-state index in [9.17, 15) is 14.4 Å². The highest BCUT2D eigenvalue weighted by Crippen LogP contribution is 2.29. The van der Waals surface area contributed by atoms with Crippen molar-refractivity contribution in [3.05, 3.63) is 53.3 Å². The van der Waals surface area contributed by atoms with Crippen LogP contribution < -0.4 is 16.0 Å². The molecular weight excluding hydrogens is 546 g/mol. The molecule has 1 fully saturated rings. The summed E-state index contributed by atoms with van der Waals surface area (Å²) in [5, 5.41) is 9.11. The maximum Gasteiger partial charge on any atom is 0.243 e. The highest BCUT2D eigenvalue weighted by atomic mass is 32.1. The molecule has 0 bridgehead atoms. The van der Waals surface area contributed by atoms with Gasteiger partial charge < -0.3 is 20.9 Å². The first-order valence-corrected chi connectivity index (χ1v) is 16.2. The molecule has 0 radical (unpaired) electrons. The molecule has 3 rings (SSSR count). The molecule has 2 heterocycles. The van der Waals surface area contributed by atoms with E-state index in [1.165, 1.54) is 0 Å². The number of unbranched alkanes of at least 4 members (excludes halogenated alkanes) is 2. The lowest BCUT2D eigenvalue weighted by atomic mass is 10.0. The van der Waals surface area contributed by atoms with Crippen LogP contribution in [0.25, 0.3) is 10.4 Å². The smallest absolute Gasteiger partial charge is 0.243 e. The van der Waals surface area contributed by atoms with Crippen molar-refractivity contribution in [1.29, 1.82) is 0 Å². The zero-order chi connectivity index (χ0) is 30.8. The third-order valence-corrected chi connectivity index (χ3v) is 8.81. The Balaban J connectivity index is 1.57. The minimum Gasteiger partial charge on any atom is -0.361 e. The molecule has 1 aliphatic rings. The van der Waals surface area contributed by atoms with E-state index in [-0.39, 0.29) is 35.7 Å². The number of hydrogen-bond donors (Lipinski definition) is 3. The molecule has 8 nitrogen and oxygen atoms in total. The number of nitrogens with one attached hydrogen (secondary N) is 3. The van der Waals surface area contributed by atoms with E-state index in [2.05, 4.69) is 53.5 Å². The largest absolute Gasteiger partial charge is 0.361 e. The van der Waals surface area contributed by atoms with Gasteiger partial charge in [-0.25, -0.2) is 4.98 Å². The van der Waals surface area contributed by atoms with E-state index in [0.717, 1.165) is 47.4 Å². The molecule has 3 amide bonds. The Morgan fingerprint density at radius 1 is 1.12 bits per heavy atom. The van der Waals surface area contributed by atoms with E-state index < -0.39 is 6.04 Å². The van der Waals surface area contributed by atoms with Crippen molar-refractivity contribution >= 4 is 29.1 Å². The van der Waals surface area contributed by atoms with Gasteiger partial charge in [0.25, 0.3) is 0 Å². The molecule has 230 valence electrons. The Morgan fingerprint density at radius 3 is 2.45 bits per heavy atom. The highest BCUT2D eigenvalue weighted by Gasteiger charge is 2.37. The van der Waals surface area contributed by atoms with Crippen LogP contribution >= 0.6 is 11.3 Å². The maximum absolute atomic E-state index is 13.3. The van der Waals surface area contributed by atoms with Crippen molar-refractivity contribution in [3.63, 3.8) is 0 Å². The Kier molecular flexibility index (Phi) is 12.6. The Morgan fingerprint density at radius 2 is 1.83 bits per heavy atom. The van der Waals surface area contributed by atoms with Gasteiger partial charge in [0.05, 0.1) is 22.1 Å². The third kappa shape index (κ3) is 9.41. The molecule has 1 aromatic heterocycles. The van der Waals surface area contributed by atoms with E-state index >= 15 is 0 Å². The number of benzene rings is 1. The number of aromatic nitrogens is 1. The Labute approximate surface area is 255 Å². The van der Waals surface area contributed by atoms with Crippen LogP contribution in [0.2, 0.25) is 0 Å². The zero-order valence-electron chi connectivity index (χ0n) is 26.2. The summed E-state index contributed by atoms with van der Waals surface area (Å²) >= 11 is 1.62. The predicted octanol–water partition coefficient (Wildman–Crippen LogP) is 5.57. The minimum absolute atomic E-state index is 0.0431. The van der Waals surface area contributed by atoms with Crippen molar-refractivity contribution in [3.8, 4) is 10.4 Å². The lowest BCUT2D eigenvalue weighted by molar-refractivity contribution is -0.129. The molecule has 9 heteroatoms. The first-order chi connectivity index (χ1) is 20.0. The Hall–Kier alpha value is -3.20. The topological polar surface area (TPSA) is 103 Å². The summed E-state index contributed by atoms with van der Waals surface area (Å²) < 4.78 is 0. The number of carbonyl (C=O) groups is 3. The fourth-order valence-electron chi connectivity index (χ4n) is 5.42. The molecule has 1 aliphatic heterocycles. The fraction of sp³-hybridized carbons (Fsp3) is 0.576. The first kappa shape index (κ1) is 33.3. The van der Waals surface area contributed by atoms with Gasteiger partial charge in [-0.05, 0) is 56.1 Å². The fourth-order valence-corrected chi connectivity index (χ4v) is 6.23. The number of hydrogen-bond acceptors (Lipinski definition) is 6. The molecule has 3 N–H and O–H groups in total. The third-order valence-electron chi connectivity index (χ3n) is 7.83. The number of rotatable bonds is 15. The van der Waals surface area contributed by atoms with Crippen molar-refractivity contribution in [2.45, 2.75) is 105 Å². The zero-order valence-corrected chi connectivity index (χ0v) is 27.0. The van der Waals surface area contributed by atoms with Crippen LogP contribution in [0.3, 0.4) is 0 Å². The number of nitrogens with zero attached hydrogens (tertiary/aromatic N) is 2. The van der Waals surface area contributed by atoms with Crippen LogP contribution in [0.15, 0.2) is 42.1 Å². The van der Waals surface area contributed by atoms with Gasteiger partial charge in [0.1, 0.15) is 12.1 Å². The highest BCUT2D eigenvalue weighted by molar-refractivity contribution is 7.13. The van der Waals surface area contributed by atoms with Crippen LogP contribution in [0.5, 0.6) is 0 Å². The number of thiazole rings is 1. The summed E-state index contributed by atoms with van der Waals surface area (Å²) in [6.45, 7) is 17.6. The molecule has 4 atom stereocenters.